The fourth-order valence-corrected chi connectivity index (χ4v) is 12.5. The molecule has 0 saturated carbocycles. The largest absolute Gasteiger partial charge is 0.456 e. The van der Waals surface area contributed by atoms with Crippen molar-refractivity contribution in [2.75, 3.05) is 14.6 Å². The Morgan fingerprint density at radius 3 is 1.40 bits per heavy atom. The Bertz CT molecular complexity index is 4180. The molecule has 0 aliphatic carbocycles. The number of fused-ring (bicyclic) bond motifs is 11. The molecule has 0 saturated heterocycles. The van der Waals surface area contributed by atoms with Crippen LogP contribution in [0, 0.1) is 0 Å². The Morgan fingerprint density at radius 1 is 0.362 bits per heavy atom. The lowest BCUT2D eigenvalue weighted by atomic mass is 9.43. The van der Waals surface area contributed by atoms with E-state index in [0.29, 0.717) is 0 Å². The number of para-hydroxylation sites is 1. The van der Waals surface area contributed by atoms with Crippen LogP contribution >= 0.6 is 0 Å². The van der Waals surface area contributed by atoms with Crippen molar-refractivity contribution < 1.29 is 8.83 Å². The number of nitrogens with zero attached hydrogens (tertiary/aromatic N) is 3. The molecule has 0 unspecified atom stereocenters. The number of anilines is 8. The predicted molar refractivity (Wildman–Crippen MR) is 343 cm³/mol. The van der Waals surface area contributed by atoms with Crippen LogP contribution in [0.3, 0.4) is 0 Å². The van der Waals surface area contributed by atoms with Gasteiger partial charge in [-0.2, -0.15) is 0 Å². The van der Waals surface area contributed by atoms with Gasteiger partial charge in [0, 0.05) is 73.0 Å². The molecule has 0 bridgehead atoms. The van der Waals surface area contributed by atoms with E-state index in [2.05, 4.69) is 294 Å². The zero-order chi connectivity index (χ0) is 56.2. The molecule has 5 nitrogen and oxygen atoms in total. The molecule has 9 aromatic carbocycles. The highest BCUT2D eigenvalue weighted by atomic mass is 16.3. The molecular formula is C74H74BN3O2. The molecule has 0 radical (unpaired) electrons. The fourth-order valence-electron chi connectivity index (χ4n) is 12.5. The van der Waals surface area contributed by atoms with E-state index in [4.69, 9.17) is 8.83 Å². The van der Waals surface area contributed by atoms with E-state index >= 15 is 0 Å². The minimum absolute atomic E-state index is 0.00719. The summed E-state index contributed by atoms with van der Waals surface area (Å²) >= 11 is 0. The van der Waals surface area contributed by atoms with Gasteiger partial charge in [0.1, 0.15) is 16.7 Å². The Balaban J connectivity index is 1.11. The third-order valence-corrected chi connectivity index (χ3v) is 17.2. The van der Waals surface area contributed by atoms with Crippen molar-refractivity contribution in [1.82, 2.24) is 0 Å². The zero-order valence-electron chi connectivity index (χ0n) is 49.5. The molecule has 0 N–H and O–H groups in total. The monoisotopic (exact) mass is 1050 g/mol. The predicted octanol–water partition coefficient (Wildman–Crippen LogP) is 20.2. The lowest BCUT2D eigenvalue weighted by Gasteiger charge is -2.46. The minimum atomic E-state index is -0.232. The Hall–Kier alpha value is -7.96. The van der Waals surface area contributed by atoms with E-state index in [9.17, 15) is 0 Å². The van der Waals surface area contributed by atoms with Gasteiger partial charge in [0.05, 0.1) is 5.69 Å². The van der Waals surface area contributed by atoms with E-state index in [0.717, 1.165) is 94.9 Å². The van der Waals surface area contributed by atoms with Crippen LogP contribution in [0.2, 0.25) is 0 Å². The van der Waals surface area contributed by atoms with Gasteiger partial charge in [-0.3, -0.25) is 0 Å². The van der Waals surface area contributed by atoms with Crippen molar-refractivity contribution in [1.29, 1.82) is 0 Å². The molecule has 13 rings (SSSR count). The smallest absolute Gasteiger partial charge is 0.333 e. The van der Waals surface area contributed by atoms with E-state index in [1.54, 1.807) is 0 Å². The molecule has 0 fully saturated rings. The van der Waals surface area contributed by atoms with Crippen LogP contribution in [0.4, 0.5) is 45.5 Å². The Labute approximate surface area is 474 Å². The summed E-state index contributed by atoms with van der Waals surface area (Å²) in [6.07, 6.45) is 0. The summed E-state index contributed by atoms with van der Waals surface area (Å²) in [6, 6.07) is 66.5. The second-order valence-electron chi connectivity index (χ2n) is 28.0. The molecule has 0 spiro atoms. The van der Waals surface area contributed by atoms with Crippen molar-refractivity contribution in [3.05, 3.63) is 204 Å². The zero-order valence-corrected chi connectivity index (χ0v) is 49.5. The Morgan fingerprint density at radius 2 is 0.838 bits per heavy atom. The van der Waals surface area contributed by atoms with Crippen LogP contribution in [0.15, 0.2) is 185 Å². The van der Waals surface area contributed by atoms with Crippen LogP contribution in [-0.2, 0) is 27.1 Å². The minimum Gasteiger partial charge on any atom is -0.456 e. The number of benzene rings is 9. The highest BCUT2D eigenvalue weighted by Crippen LogP contribution is 2.53. The van der Waals surface area contributed by atoms with Crippen molar-refractivity contribution >= 4 is 107 Å². The summed E-state index contributed by atoms with van der Waals surface area (Å²) in [4.78, 5) is 7.51. The topological polar surface area (TPSA) is 36.0 Å². The molecule has 80 heavy (non-hydrogen) atoms. The third kappa shape index (κ3) is 8.43. The van der Waals surface area contributed by atoms with Gasteiger partial charge in [-0.1, -0.05) is 183 Å². The fraction of sp³-hybridized carbons (Fsp3) is 0.270. The Kier molecular flexibility index (Phi) is 11.4. The molecule has 2 aliphatic heterocycles. The van der Waals surface area contributed by atoms with E-state index in [-0.39, 0.29) is 33.9 Å². The summed E-state index contributed by atoms with van der Waals surface area (Å²) in [7, 11) is 0. The van der Waals surface area contributed by atoms with Crippen LogP contribution in [0.1, 0.15) is 132 Å². The second kappa shape index (κ2) is 17.8. The first kappa shape index (κ1) is 51.5. The summed E-state index contributed by atoms with van der Waals surface area (Å²) in [5, 5.41) is 4.33. The first-order valence-electron chi connectivity index (χ1n) is 28.8. The van der Waals surface area contributed by atoms with Gasteiger partial charge in [0.25, 0.3) is 0 Å². The molecule has 2 aromatic heterocycles. The highest BCUT2D eigenvalue weighted by Gasteiger charge is 2.47. The van der Waals surface area contributed by atoms with Gasteiger partial charge in [-0.05, 0) is 162 Å². The van der Waals surface area contributed by atoms with Crippen molar-refractivity contribution in [2.45, 2.75) is 131 Å². The maximum atomic E-state index is 7.22. The molecule has 400 valence electrons. The first-order valence-corrected chi connectivity index (χ1v) is 28.8. The molecule has 4 heterocycles. The normalized spacial score (nSPS) is 13.9. The van der Waals surface area contributed by atoms with Gasteiger partial charge in [-0.25, -0.2) is 0 Å². The highest BCUT2D eigenvalue weighted by molar-refractivity contribution is 6.94. The third-order valence-electron chi connectivity index (χ3n) is 17.2. The quantitative estimate of drug-likeness (QED) is 0.161. The maximum absolute atomic E-state index is 7.22. The molecule has 0 amide bonds. The summed E-state index contributed by atoms with van der Waals surface area (Å²) < 4.78 is 14.3. The molecule has 0 atom stereocenters. The van der Waals surface area contributed by atoms with E-state index in [1.165, 1.54) is 44.3 Å². The average molecular weight is 1050 g/mol. The van der Waals surface area contributed by atoms with Crippen molar-refractivity contribution in [3.63, 3.8) is 0 Å². The number of hydrogen-bond donors (Lipinski definition) is 0. The van der Waals surface area contributed by atoms with Crippen molar-refractivity contribution in [3.8, 4) is 11.1 Å². The molecular weight excluding hydrogens is 974 g/mol. The van der Waals surface area contributed by atoms with Gasteiger partial charge >= 0.3 is 6.85 Å². The summed E-state index contributed by atoms with van der Waals surface area (Å²) in [5.41, 5.74) is 23.5. The van der Waals surface area contributed by atoms with Crippen LogP contribution in [0.25, 0.3) is 55.0 Å². The summed E-state index contributed by atoms with van der Waals surface area (Å²) in [5.74, 6) is 0. The maximum Gasteiger partial charge on any atom is 0.333 e. The average Bonchev–Trinajstić information content (AvgIpc) is 1.70. The van der Waals surface area contributed by atoms with Crippen LogP contribution in [-0.4, -0.2) is 6.85 Å². The molecule has 6 heteroatoms. The molecule has 11 aromatic rings. The summed E-state index contributed by atoms with van der Waals surface area (Å²) in [6.45, 7) is 34.1. The second-order valence-corrected chi connectivity index (χ2v) is 28.0. The standard InChI is InChI=1S/C74H74BN3O2/c1-70(2,3)45-20-29-50(30-21-45)76(51-31-22-46(23-32-51)71(4,5)6)54-37-39-65-57(41-54)58-42-56-59-43-60-55-18-16-17-19-64(55)80-69(60)68-67(59)75(78(63(56)44-66(58)79-65)53-35-26-48(27-36-53)73(10,11)12)61-40-49(74(13,14)15)28-38-62(61)77(68)52-33-24-47(25-34-52)72(7,8)9/h16-44H,1-15H3. The van der Waals surface area contributed by atoms with Gasteiger partial charge in [0.15, 0.2) is 5.58 Å². The van der Waals surface area contributed by atoms with E-state index in [1.807, 2.05) is 0 Å². The van der Waals surface area contributed by atoms with Crippen molar-refractivity contribution in [2.24, 2.45) is 0 Å². The van der Waals surface area contributed by atoms with Crippen LogP contribution in [0.5, 0.6) is 0 Å². The van der Waals surface area contributed by atoms with Gasteiger partial charge < -0.3 is 23.4 Å². The lowest BCUT2D eigenvalue weighted by molar-refractivity contribution is 0.590. The van der Waals surface area contributed by atoms with Gasteiger partial charge in [0.2, 0.25) is 0 Å². The van der Waals surface area contributed by atoms with Gasteiger partial charge in [-0.15, -0.1) is 0 Å². The first-order chi connectivity index (χ1) is 37.8. The van der Waals surface area contributed by atoms with Crippen LogP contribution < -0.4 is 25.5 Å². The molecule has 2 aliphatic rings. The number of hydrogen-bond acceptors (Lipinski definition) is 5. The number of furan rings is 2. The SMILES string of the molecule is CC(C)(C)c1ccc(N2B3c4cc(C(C)(C)C)ccc4N(c4ccc(C(C)(C)C)cc4)c4c3c(cc3c4oc4ccccc43)-c3cc4c(cc32)oc2ccc(N(c3ccc(C(C)(C)C)cc3)c3ccc(C(C)(C)C)cc3)cc24)cc1. The number of rotatable bonds is 5. The lowest BCUT2D eigenvalue weighted by Crippen LogP contribution is -2.61. The van der Waals surface area contributed by atoms with E-state index < -0.39 is 0 Å².